The summed E-state index contributed by atoms with van der Waals surface area (Å²) >= 11 is 0. The van der Waals surface area contributed by atoms with Gasteiger partial charge >= 0.3 is 5.97 Å². The molecule has 6 heteroatoms. The summed E-state index contributed by atoms with van der Waals surface area (Å²) in [5.41, 5.74) is 0. The van der Waals surface area contributed by atoms with Crippen molar-refractivity contribution in [3.63, 3.8) is 0 Å². The molecule has 0 fully saturated rings. The fourth-order valence-electron chi connectivity index (χ4n) is 0.934. The van der Waals surface area contributed by atoms with E-state index in [1.807, 2.05) is 4.90 Å². The summed E-state index contributed by atoms with van der Waals surface area (Å²) in [6, 6.07) is 0. The standard InChI is InChI=1S/C8H17NO4S/c1-9(5-3-4-8(10)11)6-7-14(2,12)13/h3-7H2,1-2H3,(H,10,11). The lowest BCUT2D eigenvalue weighted by molar-refractivity contribution is -0.137. The molecule has 0 aromatic heterocycles. The van der Waals surface area contributed by atoms with Crippen LogP contribution in [-0.4, -0.2) is 56.5 Å². The lowest BCUT2D eigenvalue weighted by Crippen LogP contribution is -2.26. The first-order chi connectivity index (χ1) is 6.31. The summed E-state index contributed by atoms with van der Waals surface area (Å²) in [5, 5.41) is 8.37. The van der Waals surface area contributed by atoms with Crippen molar-refractivity contribution in [2.24, 2.45) is 0 Å². The van der Waals surface area contributed by atoms with Gasteiger partial charge in [0, 0.05) is 19.2 Å². The molecule has 1 N–H and O–H groups in total. The fourth-order valence-corrected chi connectivity index (χ4v) is 1.58. The Labute approximate surface area is 84.6 Å². The molecule has 0 saturated carbocycles. The van der Waals surface area contributed by atoms with Crippen LogP contribution in [0.5, 0.6) is 0 Å². The zero-order valence-corrected chi connectivity index (χ0v) is 9.38. The molecule has 14 heavy (non-hydrogen) atoms. The van der Waals surface area contributed by atoms with Gasteiger partial charge in [-0.3, -0.25) is 4.79 Å². The van der Waals surface area contributed by atoms with Gasteiger partial charge in [0.1, 0.15) is 9.84 Å². The van der Waals surface area contributed by atoms with E-state index in [0.29, 0.717) is 19.5 Å². The van der Waals surface area contributed by atoms with E-state index in [4.69, 9.17) is 5.11 Å². The fraction of sp³-hybridized carbons (Fsp3) is 0.875. The third-order valence-electron chi connectivity index (χ3n) is 1.77. The van der Waals surface area contributed by atoms with E-state index >= 15 is 0 Å². The second-order valence-corrected chi connectivity index (χ2v) is 5.69. The first-order valence-corrected chi connectivity index (χ1v) is 6.45. The predicted molar refractivity (Wildman–Crippen MR) is 54.1 cm³/mol. The van der Waals surface area contributed by atoms with Crippen molar-refractivity contribution in [2.45, 2.75) is 12.8 Å². The summed E-state index contributed by atoms with van der Waals surface area (Å²) in [5.74, 6) is -0.696. The Morgan fingerprint density at radius 2 is 1.93 bits per heavy atom. The molecule has 0 amide bonds. The molecule has 0 aliphatic heterocycles. The van der Waals surface area contributed by atoms with Gasteiger partial charge in [0.2, 0.25) is 0 Å². The van der Waals surface area contributed by atoms with Crippen LogP contribution in [0.25, 0.3) is 0 Å². The summed E-state index contributed by atoms with van der Waals surface area (Å²) in [6.45, 7) is 1.07. The SMILES string of the molecule is CN(CCCC(=O)O)CCS(C)(=O)=O. The summed E-state index contributed by atoms with van der Waals surface area (Å²) < 4.78 is 21.6. The first-order valence-electron chi connectivity index (χ1n) is 4.39. The lowest BCUT2D eigenvalue weighted by atomic mass is 10.3. The highest BCUT2D eigenvalue weighted by molar-refractivity contribution is 7.90. The highest BCUT2D eigenvalue weighted by Crippen LogP contribution is 1.94. The maximum Gasteiger partial charge on any atom is 0.303 e. The minimum Gasteiger partial charge on any atom is -0.481 e. The second kappa shape index (κ2) is 5.98. The third kappa shape index (κ3) is 9.47. The molecule has 0 heterocycles. The van der Waals surface area contributed by atoms with E-state index in [9.17, 15) is 13.2 Å². The van der Waals surface area contributed by atoms with E-state index in [2.05, 4.69) is 0 Å². The van der Waals surface area contributed by atoms with Gasteiger partial charge in [0.05, 0.1) is 5.75 Å². The Balaban J connectivity index is 3.56. The average molecular weight is 223 g/mol. The Hall–Kier alpha value is -0.620. The Morgan fingerprint density at radius 3 is 2.36 bits per heavy atom. The van der Waals surface area contributed by atoms with E-state index in [1.165, 1.54) is 6.26 Å². The normalized spacial score (nSPS) is 11.9. The van der Waals surface area contributed by atoms with Crippen molar-refractivity contribution in [2.75, 3.05) is 32.1 Å². The van der Waals surface area contributed by atoms with Gasteiger partial charge in [-0.25, -0.2) is 8.42 Å². The average Bonchev–Trinajstić information content (AvgIpc) is 1.99. The van der Waals surface area contributed by atoms with Crippen molar-refractivity contribution in [3.8, 4) is 0 Å². The summed E-state index contributed by atoms with van der Waals surface area (Å²) in [4.78, 5) is 12.0. The highest BCUT2D eigenvalue weighted by Gasteiger charge is 2.05. The third-order valence-corrected chi connectivity index (χ3v) is 2.70. The van der Waals surface area contributed by atoms with Gasteiger partial charge in [-0.15, -0.1) is 0 Å². The maximum absolute atomic E-state index is 10.8. The number of nitrogens with zero attached hydrogens (tertiary/aromatic N) is 1. The quantitative estimate of drug-likeness (QED) is 0.648. The molecule has 0 spiro atoms. The molecular formula is C8H17NO4S. The van der Waals surface area contributed by atoms with E-state index < -0.39 is 15.8 Å². The highest BCUT2D eigenvalue weighted by atomic mass is 32.2. The zero-order chi connectivity index (χ0) is 11.2. The number of carbonyl (C=O) groups is 1. The van der Waals surface area contributed by atoms with Crippen LogP contribution in [0.3, 0.4) is 0 Å². The number of hydrogen-bond acceptors (Lipinski definition) is 4. The Morgan fingerprint density at radius 1 is 1.36 bits per heavy atom. The van der Waals surface area contributed by atoms with Crippen LogP contribution >= 0.6 is 0 Å². The number of hydrogen-bond donors (Lipinski definition) is 1. The van der Waals surface area contributed by atoms with Gasteiger partial charge in [0.25, 0.3) is 0 Å². The van der Waals surface area contributed by atoms with E-state index in [0.717, 1.165) is 0 Å². The summed E-state index contributed by atoms with van der Waals surface area (Å²) in [7, 11) is -1.13. The largest absolute Gasteiger partial charge is 0.481 e. The second-order valence-electron chi connectivity index (χ2n) is 3.43. The molecule has 84 valence electrons. The minimum atomic E-state index is -2.92. The monoisotopic (exact) mass is 223 g/mol. The smallest absolute Gasteiger partial charge is 0.303 e. The number of carboxylic acid groups (broad SMARTS) is 1. The van der Waals surface area contributed by atoms with Crippen molar-refractivity contribution < 1.29 is 18.3 Å². The van der Waals surface area contributed by atoms with Crippen LogP contribution in [0.15, 0.2) is 0 Å². The van der Waals surface area contributed by atoms with Gasteiger partial charge in [-0.05, 0) is 20.0 Å². The van der Waals surface area contributed by atoms with Gasteiger partial charge < -0.3 is 10.0 Å². The number of aliphatic carboxylic acids is 1. The molecule has 0 aliphatic carbocycles. The van der Waals surface area contributed by atoms with Crippen LogP contribution in [-0.2, 0) is 14.6 Å². The van der Waals surface area contributed by atoms with Crippen LogP contribution < -0.4 is 0 Å². The molecule has 0 atom stereocenters. The molecule has 5 nitrogen and oxygen atoms in total. The van der Waals surface area contributed by atoms with Gasteiger partial charge in [-0.2, -0.15) is 0 Å². The van der Waals surface area contributed by atoms with Crippen LogP contribution in [0.1, 0.15) is 12.8 Å². The van der Waals surface area contributed by atoms with Gasteiger partial charge in [-0.1, -0.05) is 0 Å². The first kappa shape index (κ1) is 13.4. The minimum absolute atomic E-state index is 0.122. The van der Waals surface area contributed by atoms with Crippen LogP contribution in [0.4, 0.5) is 0 Å². The van der Waals surface area contributed by atoms with E-state index in [1.54, 1.807) is 7.05 Å². The lowest BCUT2D eigenvalue weighted by Gasteiger charge is -2.14. The zero-order valence-electron chi connectivity index (χ0n) is 8.56. The van der Waals surface area contributed by atoms with Crippen LogP contribution in [0.2, 0.25) is 0 Å². The van der Waals surface area contributed by atoms with Crippen molar-refractivity contribution >= 4 is 15.8 Å². The van der Waals surface area contributed by atoms with Crippen molar-refractivity contribution in [3.05, 3.63) is 0 Å². The van der Waals surface area contributed by atoms with Crippen molar-refractivity contribution in [1.29, 1.82) is 0 Å². The molecule has 0 aromatic carbocycles. The predicted octanol–water partition coefficient (Wildman–Crippen LogP) is -0.172. The molecule has 0 rings (SSSR count). The molecular weight excluding hydrogens is 206 g/mol. The van der Waals surface area contributed by atoms with Gasteiger partial charge in [0.15, 0.2) is 0 Å². The molecule has 0 saturated heterocycles. The topological polar surface area (TPSA) is 74.7 Å². The molecule has 0 aliphatic rings. The summed E-state index contributed by atoms with van der Waals surface area (Å²) in [6.07, 6.45) is 1.87. The Bertz CT molecular complexity index is 273. The van der Waals surface area contributed by atoms with E-state index in [-0.39, 0.29) is 12.2 Å². The maximum atomic E-state index is 10.8. The Kier molecular flexibility index (Phi) is 5.71. The number of sulfone groups is 1. The van der Waals surface area contributed by atoms with Crippen molar-refractivity contribution in [1.82, 2.24) is 4.90 Å². The molecule has 0 aromatic rings. The molecule has 0 unspecified atom stereocenters. The number of carboxylic acids is 1. The molecule has 0 radical (unpaired) electrons. The number of rotatable bonds is 7. The van der Waals surface area contributed by atoms with Crippen LogP contribution in [0, 0.1) is 0 Å². The molecule has 0 bridgehead atoms.